The second kappa shape index (κ2) is 4.64. The summed E-state index contributed by atoms with van der Waals surface area (Å²) in [6, 6.07) is 8.64. The van der Waals surface area contributed by atoms with E-state index in [1.54, 1.807) is 30.5 Å². The summed E-state index contributed by atoms with van der Waals surface area (Å²) in [6.07, 6.45) is 1.64. The SMILES string of the molecule is COC(=NC#N)c1ccc(C#N)cc1. The molecule has 1 aromatic rings. The highest BCUT2D eigenvalue weighted by Crippen LogP contribution is 2.05. The lowest BCUT2D eigenvalue weighted by molar-refractivity contribution is 0.405. The summed E-state index contributed by atoms with van der Waals surface area (Å²) in [5.41, 5.74) is 1.23. The Morgan fingerprint density at radius 1 is 1.29 bits per heavy atom. The molecule has 68 valence electrons. The summed E-state index contributed by atoms with van der Waals surface area (Å²) < 4.78 is 4.89. The van der Waals surface area contributed by atoms with Gasteiger partial charge in [0.15, 0.2) is 0 Å². The number of rotatable bonds is 1. The molecular weight excluding hydrogens is 178 g/mol. The van der Waals surface area contributed by atoms with Crippen LogP contribution in [0.15, 0.2) is 29.3 Å². The zero-order valence-electron chi connectivity index (χ0n) is 7.56. The molecule has 0 radical (unpaired) electrons. The fraction of sp³-hybridized carbons (Fsp3) is 0.100. The molecule has 1 aromatic carbocycles. The number of hydrogen-bond acceptors (Lipinski definition) is 4. The third kappa shape index (κ3) is 2.09. The van der Waals surface area contributed by atoms with Gasteiger partial charge in [-0.3, -0.25) is 0 Å². The molecule has 0 aromatic heterocycles. The Morgan fingerprint density at radius 3 is 2.36 bits per heavy atom. The highest BCUT2D eigenvalue weighted by atomic mass is 16.5. The highest BCUT2D eigenvalue weighted by Gasteiger charge is 2.02. The second-order valence-corrected chi connectivity index (χ2v) is 2.41. The first-order chi connectivity index (χ1) is 6.81. The van der Waals surface area contributed by atoms with E-state index in [0.29, 0.717) is 11.1 Å². The van der Waals surface area contributed by atoms with E-state index in [-0.39, 0.29) is 5.90 Å². The molecule has 1 rings (SSSR count). The molecule has 0 aliphatic rings. The zero-order chi connectivity index (χ0) is 10.4. The molecule has 0 bridgehead atoms. The van der Waals surface area contributed by atoms with Crippen molar-refractivity contribution in [2.45, 2.75) is 0 Å². The maximum absolute atomic E-state index is 8.56. The Morgan fingerprint density at radius 2 is 1.93 bits per heavy atom. The normalized spacial score (nSPS) is 10.1. The van der Waals surface area contributed by atoms with Crippen LogP contribution >= 0.6 is 0 Å². The quantitative estimate of drug-likeness (QED) is 0.377. The Balaban J connectivity index is 3.04. The minimum Gasteiger partial charge on any atom is -0.480 e. The predicted molar refractivity (Wildman–Crippen MR) is 50.3 cm³/mol. The summed E-state index contributed by atoms with van der Waals surface area (Å²) >= 11 is 0. The molecule has 0 amide bonds. The van der Waals surface area contributed by atoms with E-state index in [1.807, 2.05) is 6.07 Å². The monoisotopic (exact) mass is 185 g/mol. The van der Waals surface area contributed by atoms with Crippen molar-refractivity contribution >= 4 is 5.90 Å². The molecule has 0 saturated heterocycles. The van der Waals surface area contributed by atoms with E-state index in [9.17, 15) is 0 Å². The predicted octanol–water partition coefficient (Wildman–Crippen LogP) is 1.43. The topological polar surface area (TPSA) is 69.2 Å². The number of aliphatic imine (C=N–C) groups is 1. The van der Waals surface area contributed by atoms with Gasteiger partial charge in [-0.15, -0.1) is 4.99 Å². The van der Waals surface area contributed by atoms with Crippen LogP contribution in [0.3, 0.4) is 0 Å². The largest absolute Gasteiger partial charge is 0.480 e. The lowest BCUT2D eigenvalue weighted by Gasteiger charge is -2.01. The van der Waals surface area contributed by atoms with Crippen LogP contribution in [0.25, 0.3) is 0 Å². The number of nitriles is 2. The number of hydrogen-bond donors (Lipinski definition) is 0. The van der Waals surface area contributed by atoms with Gasteiger partial charge in [-0.25, -0.2) is 0 Å². The smallest absolute Gasteiger partial charge is 0.231 e. The van der Waals surface area contributed by atoms with Gasteiger partial charge in [0.2, 0.25) is 12.1 Å². The van der Waals surface area contributed by atoms with E-state index < -0.39 is 0 Å². The minimum absolute atomic E-state index is 0.247. The van der Waals surface area contributed by atoms with Crippen molar-refractivity contribution in [3.05, 3.63) is 35.4 Å². The van der Waals surface area contributed by atoms with Gasteiger partial charge in [0, 0.05) is 5.56 Å². The van der Waals surface area contributed by atoms with Gasteiger partial charge in [-0.1, -0.05) is 0 Å². The van der Waals surface area contributed by atoms with Gasteiger partial charge in [0.1, 0.15) is 0 Å². The van der Waals surface area contributed by atoms with E-state index in [0.717, 1.165) is 0 Å². The summed E-state index contributed by atoms with van der Waals surface area (Å²) in [5.74, 6) is 0.247. The van der Waals surface area contributed by atoms with Crippen molar-refractivity contribution < 1.29 is 4.74 Å². The molecule has 0 N–H and O–H groups in total. The lowest BCUT2D eigenvalue weighted by Crippen LogP contribution is -2.02. The van der Waals surface area contributed by atoms with Crippen LogP contribution in [0.2, 0.25) is 0 Å². The van der Waals surface area contributed by atoms with Crippen molar-refractivity contribution in [1.29, 1.82) is 10.5 Å². The van der Waals surface area contributed by atoms with Crippen LogP contribution in [-0.2, 0) is 4.74 Å². The maximum atomic E-state index is 8.56. The van der Waals surface area contributed by atoms with Gasteiger partial charge in [0.25, 0.3) is 0 Å². The van der Waals surface area contributed by atoms with Crippen LogP contribution in [-0.4, -0.2) is 13.0 Å². The molecule has 0 atom stereocenters. The second-order valence-electron chi connectivity index (χ2n) is 2.41. The van der Waals surface area contributed by atoms with Crippen LogP contribution in [0.4, 0.5) is 0 Å². The van der Waals surface area contributed by atoms with Gasteiger partial charge in [-0.05, 0) is 24.3 Å². The van der Waals surface area contributed by atoms with Crippen LogP contribution < -0.4 is 0 Å². The van der Waals surface area contributed by atoms with Gasteiger partial charge < -0.3 is 4.74 Å². The standard InChI is InChI=1S/C10H7N3O/c1-14-10(13-7-12)9-4-2-8(6-11)3-5-9/h2-5H,1H3. The molecule has 4 heteroatoms. The third-order valence-corrected chi connectivity index (χ3v) is 1.61. The van der Waals surface area contributed by atoms with Crippen molar-refractivity contribution in [3.63, 3.8) is 0 Å². The Hall–Kier alpha value is -2.33. The highest BCUT2D eigenvalue weighted by molar-refractivity contribution is 5.94. The fourth-order valence-electron chi connectivity index (χ4n) is 0.961. The number of methoxy groups -OCH3 is 1. The van der Waals surface area contributed by atoms with Crippen LogP contribution in [0.5, 0.6) is 0 Å². The molecule has 0 aliphatic carbocycles. The van der Waals surface area contributed by atoms with Crippen LogP contribution in [0.1, 0.15) is 11.1 Å². The fourth-order valence-corrected chi connectivity index (χ4v) is 0.961. The first-order valence-electron chi connectivity index (χ1n) is 3.83. The number of nitrogens with zero attached hydrogens (tertiary/aromatic N) is 3. The first-order valence-corrected chi connectivity index (χ1v) is 3.83. The molecule has 4 nitrogen and oxygen atoms in total. The molecular formula is C10H7N3O. The van der Waals surface area contributed by atoms with E-state index in [2.05, 4.69) is 4.99 Å². The van der Waals surface area contributed by atoms with Gasteiger partial charge in [-0.2, -0.15) is 10.5 Å². The molecule has 0 saturated carbocycles. The number of ether oxygens (including phenoxy) is 1. The van der Waals surface area contributed by atoms with Crippen molar-refractivity contribution in [3.8, 4) is 12.3 Å². The molecule has 0 aliphatic heterocycles. The Labute approximate surface area is 81.7 Å². The lowest BCUT2D eigenvalue weighted by atomic mass is 10.1. The van der Waals surface area contributed by atoms with Crippen molar-refractivity contribution in [2.75, 3.05) is 7.11 Å². The summed E-state index contributed by atoms with van der Waals surface area (Å²) in [6.45, 7) is 0. The third-order valence-electron chi connectivity index (χ3n) is 1.61. The summed E-state index contributed by atoms with van der Waals surface area (Å²) in [5, 5.41) is 16.9. The van der Waals surface area contributed by atoms with E-state index in [1.165, 1.54) is 7.11 Å². The van der Waals surface area contributed by atoms with Gasteiger partial charge in [0.05, 0.1) is 18.7 Å². The first kappa shape index (κ1) is 9.76. The molecule has 0 heterocycles. The molecule has 0 unspecified atom stereocenters. The number of benzene rings is 1. The maximum Gasteiger partial charge on any atom is 0.231 e. The summed E-state index contributed by atoms with van der Waals surface area (Å²) in [7, 11) is 1.44. The molecule has 0 spiro atoms. The van der Waals surface area contributed by atoms with Crippen LogP contribution in [0, 0.1) is 22.8 Å². The van der Waals surface area contributed by atoms with E-state index in [4.69, 9.17) is 15.3 Å². The zero-order valence-corrected chi connectivity index (χ0v) is 7.56. The average molecular weight is 185 g/mol. The van der Waals surface area contributed by atoms with Crippen molar-refractivity contribution in [2.24, 2.45) is 4.99 Å². The Bertz CT molecular complexity index is 420. The van der Waals surface area contributed by atoms with Gasteiger partial charge >= 0.3 is 0 Å². The molecule has 0 fully saturated rings. The molecule has 14 heavy (non-hydrogen) atoms. The Kier molecular flexibility index (Phi) is 3.23. The minimum atomic E-state index is 0.247. The van der Waals surface area contributed by atoms with Crippen molar-refractivity contribution in [1.82, 2.24) is 0 Å². The average Bonchev–Trinajstić information content (AvgIpc) is 2.26. The summed E-state index contributed by atoms with van der Waals surface area (Å²) in [4.78, 5) is 3.49. The van der Waals surface area contributed by atoms with E-state index >= 15 is 0 Å².